The zero-order valence-electron chi connectivity index (χ0n) is 6.34. The summed E-state index contributed by atoms with van der Waals surface area (Å²) in [6.07, 6.45) is -3.31. The number of aliphatic hydroxyl groups is 4. The van der Waals surface area contributed by atoms with Gasteiger partial charge in [0.15, 0.2) is 6.29 Å². The van der Waals surface area contributed by atoms with E-state index in [1.54, 1.807) is 0 Å². The quantitative estimate of drug-likeness (QED) is 0.357. The molecule has 0 aromatic heterocycles. The summed E-state index contributed by atoms with van der Waals surface area (Å²) in [4.78, 5) is 0. The third-order valence-electron chi connectivity index (χ3n) is 1.15. The zero-order valence-corrected chi connectivity index (χ0v) is 6.34. The van der Waals surface area contributed by atoms with Crippen LogP contribution in [0.2, 0.25) is 0 Å². The fourth-order valence-corrected chi connectivity index (χ4v) is 0.462. The molecule has 0 saturated carbocycles. The second-order valence-corrected chi connectivity index (χ2v) is 2.27. The minimum Gasteiger partial charge on any atom is -0.394 e. The highest BCUT2D eigenvalue weighted by Gasteiger charge is 2.17. The lowest BCUT2D eigenvalue weighted by atomic mass is 10.3. The van der Waals surface area contributed by atoms with Crippen molar-refractivity contribution in [1.82, 2.24) is 0 Å². The molecule has 68 valence electrons. The van der Waals surface area contributed by atoms with Crippen LogP contribution in [0.1, 0.15) is 6.92 Å². The van der Waals surface area contributed by atoms with Gasteiger partial charge >= 0.3 is 0 Å². The lowest BCUT2D eigenvalue weighted by molar-refractivity contribution is -0.197. The molecule has 1 unspecified atom stereocenters. The Bertz CT molecular complexity index is 97.0. The van der Waals surface area contributed by atoms with E-state index in [2.05, 4.69) is 4.74 Å². The summed E-state index contributed by atoms with van der Waals surface area (Å²) < 4.78 is 4.65. The van der Waals surface area contributed by atoms with Crippen LogP contribution in [0.4, 0.5) is 0 Å². The van der Waals surface area contributed by atoms with E-state index in [9.17, 15) is 0 Å². The molecule has 0 bridgehead atoms. The molecule has 3 atom stereocenters. The van der Waals surface area contributed by atoms with Crippen molar-refractivity contribution in [3.05, 3.63) is 0 Å². The molecule has 0 aliphatic carbocycles. The molecule has 0 rings (SSSR count). The van der Waals surface area contributed by atoms with Crippen LogP contribution in [-0.4, -0.2) is 52.1 Å². The summed E-state index contributed by atoms with van der Waals surface area (Å²) in [6.45, 7) is 0.724. The van der Waals surface area contributed by atoms with Crippen molar-refractivity contribution >= 4 is 0 Å². The maximum Gasteiger partial charge on any atom is 0.183 e. The molecule has 5 nitrogen and oxygen atoms in total. The summed E-state index contributed by atoms with van der Waals surface area (Å²) in [5.41, 5.74) is 0. The summed E-state index contributed by atoms with van der Waals surface area (Å²) in [5.74, 6) is 0. The van der Waals surface area contributed by atoms with E-state index in [1.807, 2.05) is 0 Å². The Balaban J connectivity index is 3.58. The average molecular weight is 166 g/mol. The first-order valence-corrected chi connectivity index (χ1v) is 3.35. The summed E-state index contributed by atoms with van der Waals surface area (Å²) in [7, 11) is 0. The third-order valence-corrected chi connectivity index (χ3v) is 1.15. The Morgan fingerprint density at radius 3 is 2.09 bits per heavy atom. The Hall–Kier alpha value is -0.200. The van der Waals surface area contributed by atoms with Crippen LogP contribution in [0.15, 0.2) is 0 Å². The van der Waals surface area contributed by atoms with Gasteiger partial charge in [-0.2, -0.15) is 0 Å². The maximum absolute atomic E-state index is 8.88. The summed E-state index contributed by atoms with van der Waals surface area (Å²) >= 11 is 0. The SMILES string of the molecule is CC(CO)O[C@H](O)[C@@H](O)CO. The molecule has 0 amide bonds. The minimum atomic E-state index is -1.44. The molecule has 0 fully saturated rings. The molecule has 0 aliphatic heterocycles. The Labute approximate surface area is 64.9 Å². The molecule has 5 heteroatoms. The van der Waals surface area contributed by atoms with Gasteiger partial charge in [0.25, 0.3) is 0 Å². The van der Waals surface area contributed by atoms with Crippen LogP contribution >= 0.6 is 0 Å². The van der Waals surface area contributed by atoms with E-state index >= 15 is 0 Å². The van der Waals surface area contributed by atoms with Gasteiger partial charge in [0.2, 0.25) is 0 Å². The summed E-state index contributed by atoms with van der Waals surface area (Å²) in [5, 5.41) is 34.4. The van der Waals surface area contributed by atoms with E-state index in [0.717, 1.165) is 0 Å². The van der Waals surface area contributed by atoms with Gasteiger partial charge in [-0.3, -0.25) is 0 Å². The number of rotatable bonds is 5. The van der Waals surface area contributed by atoms with Crippen molar-refractivity contribution < 1.29 is 25.2 Å². The molecule has 0 aromatic carbocycles. The maximum atomic E-state index is 8.88. The van der Waals surface area contributed by atoms with Gasteiger partial charge in [-0.15, -0.1) is 0 Å². The number of aliphatic hydroxyl groups excluding tert-OH is 4. The second-order valence-electron chi connectivity index (χ2n) is 2.27. The van der Waals surface area contributed by atoms with Gasteiger partial charge in [0.05, 0.1) is 19.3 Å². The Morgan fingerprint density at radius 2 is 1.73 bits per heavy atom. The molecule has 0 heterocycles. The highest BCUT2D eigenvalue weighted by atomic mass is 16.6. The average Bonchev–Trinajstić information content (AvgIpc) is 2.02. The molecule has 11 heavy (non-hydrogen) atoms. The topological polar surface area (TPSA) is 90.2 Å². The van der Waals surface area contributed by atoms with Crippen LogP contribution in [0, 0.1) is 0 Å². The molecule has 0 aromatic rings. The van der Waals surface area contributed by atoms with E-state index in [-0.39, 0.29) is 6.61 Å². The van der Waals surface area contributed by atoms with Gasteiger partial charge < -0.3 is 25.2 Å². The number of hydrogen-bond acceptors (Lipinski definition) is 5. The highest BCUT2D eigenvalue weighted by molar-refractivity contribution is 4.57. The van der Waals surface area contributed by atoms with Crippen molar-refractivity contribution in [2.45, 2.75) is 25.4 Å². The van der Waals surface area contributed by atoms with Gasteiger partial charge in [0.1, 0.15) is 6.10 Å². The largest absolute Gasteiger partial charge is 0.394 e. The normalized spacial score (nSPS) is 19.4. The van der Waals surface area contributed by atoms with Crippen LogP contribution < -0.4 is 0 Å². The first-order chi connectivity index (χ1) is 5.11. The monoisotopic (exact) mass is 166 g/mol. The van der Waals surface area contributed by atoms with Crippen LogP contribution in [0.5, 0.6) is 0 Å². The Morgan fingerprint density at radius 1 is 1.18 bits per heavy atom. The van der Waals surface area contributed by atoms with Crippen LogP contribution in [0.25, 0.3) is 0 Å². The second kappa shape index (κ2) is 5.45. The third kappa shape index (κ3) is 4.28. The fourth-order valence-electron chi connectivity index (χ4n) is 0.462. The smallest absolute Gasteiger partial charge is 0.183 e. The molecular formula is C6H14O5. The van der Waals surface area contributed by atoms with Crippen molar-refractivity contribution in [2.24, 2.45) is 0 Å². The van der Waals surface area contributed by atoms with E-state index in [0.29, 0.717) is 0 Å². The fraction of sp³-hybridized carbons (Fsp3) is 1.00. The molecule has 4 N–H and O–H groups in total. The van der Waals surface area contributed by atoms with Crippen molar-refractivity contribution in [2.75, 3.05) is 13.2 Å². The van der Waals surface area contributed by atoms with Crippen molar-refractivity contribution in [3.63, 3.8) is 0 Å². The molecule has 0 radical (unpaired) electrons. The van der Waals surface area contributed by atoms with Crippen molar-refractivity contribution in [1.29, 1.82) is 0 Å². The zero-order chi connectivity index (χ0) is 8.85. The predicted octanol–water partition coefficient (Wildman–Crippen LogP) is -1.94. The highest BCUT2D eigenvalue weighted by Crippen LogP contribution is 1.99. The standard InChI is InChI=1S/C6H14O5/c1-4(2-7)11-6(10)5(9)3-8/h4-10H,2-3H2,1H3/t4?,5-,6-/m0/s1. The Kier molecular flexibility index (Phi) is 5.35. The van der Waals surface area contributed by atoms with E-state index in [4.69, 9.17) is 20.4 Å². The van der Waals surface area contributed by atoms with E-state index < -0.39 is 25.1 Å². The van der Waals surface area contributed by atoms with Gasteiger partial charge in [-0.25, -0.2) is 0 Å². The minimum absolute atomic E-state index is 0.241. The molecule has 0 saturated heterocycles. The van der Waals surface area contributed by atoms with E-state index in [1.165, 1.54) is 6.92 Å². The predicted molar refractivity (Wildman–Crippen MR) is 36.7 cm³/mol. The lowest BCUT2D eigenvalue weighted by Gasteiger charge is -2.19. The van der Waals surface area contributed by atoms with Gasteiger partial charge in [-0.05, 0) is 6.92 Å². The number of ether oxygens (including phenoxy) is 1. The van der Waals surface area contributed by atoms with Gasteiger partial charge in [-0.1, -0.05) is 0 Å². The molecule has 0 aliphatic rings. The molecular weight excluding hydrogens is 152 g/mol. The van der Waals surface area contributed by atoms with Crippen LogP contribution in [0.3, 0.4) is 0 Å². The van der Waals surface area contributed by atoms with Crippen molar-refractivity contribution in [3.8, 4) is 0 Å². The number of hydrogen-bond donors (Lipinski definition) is 4. The van der Waals surface area contributed by atoms with Gasteiger partial charge in [0, 0.05) is 0 Å². The molecule has 0 spiro atoms. The van der Waals surface area contributed by atoms with Crippen LogP contribution in [-0.2, 0) is 4.74 Å². The first-order valence-electron chi connectivity index (χ1n) is 3.35. The summed E-state index contributed by atoms with van der Waals surface area (Å²) in [6, 6.07) is 0. The lowest BCUT2D eigenvalue weighted by Crippen LogP contribution is -2.35. The first kappa shape index (κ1) is 10.8.